The number of benzene rings is 2. The Hall–Kier alpha value is -2.82. The first-order valence-electron chi connectivity index (χ1n) is 6.31. The summed E-state index contributed by atoms with van der Waals surface area (Å²) < 4.78 is 23.9. The number of ketones is 1. The molecule has 0 unspecified atom stereocenters. The molecule has 0 saturated heterocycles. The van der Waals surface area contributed by atoms with Gasteiger partial charge in [0.05, 0.1) is 0 Å². The second kappa shape index (κ2) is 5.28. The van der Waals surface area contributed by atoms with Crippen LogP contribution in [-0.2, 0) is 0 Å². The van der Waals surface area contributed by atoms with Crippen LogP contribution in [0.4, 0.5) is 10.1 Å². The normalized spacial score (nSPS) is 12.8. The van der Waals surface area contributed by atoms with E-state index in [1.165, 1.54) is 24.3 Å². The summed E-state index contributed by atoms with van der Waals surface area (Å²) in [6.45, 7) is 0.109. The largest absolute Gasteiger partial charge is 0.454 e. The van der Waals surface area contributed by atoms with E-state index in [-0.39, 0.29) is 18.4 Å². The van der Waals surface area contributed by atoms with Crippen molar-refractivity contribution >= 4 is 17.5 Å². The Morgan fingerprint density at radius 2 is 1.90 bits per heavy atom. The fourth-order valence-corrected chi connectivity index (χ4v) is 2.04. The lowest BCUT2D eigenvalue weighted by Gasteiger charge is -2.04. The van der Waals surface area contributed by atoms with E-state index >= 15 is 0 Å². The van der Waals surface area contributed by atoms with E-state index in [2.05, 4.69) is 0 Å². The molecule has 0 aliphatic carbocycles. The maximum Gasteiger partial charge on any atom is 0.231 e. The van der Waals surface area contributed by atoms with Crippen molar-refractivity contribution in [2.45, 2.75) is 0 Å². The number of halogens is 1. The molecule has 106 valence electrons. The van der Waals surface area contributed by atoms with Crippen LogP contribution in [0.5, 0.6) is 11.5 Å². The molecule has 21 heavy (non-hydrogen) atoms. The fraction of sp³-hybridized carbons (Fsp3) is 0.0625. The Bertz CT molecular complexity index is 740. The summed E-state index contributed by atoms with van der Waals surface area (Å²) in [6.07, 6.45) is 2.70. The highest BCUT2D eigenvalue weighted by Crippen LogP contribution is 2.36. The number of ether oxygens (including phenoxy) is 2. The first kappa shape index (κ1) is 13.2. The molecule has 0 aromatic heterocycles. The zero-order valence-electron chi connectivity index (χ0n) is 11.0. The van der Waals surface area contributed by atoms with Crippen LogP contribution in [0.15, 0.2) is 42.5 Å². The lowest BCUT2D eigenvalue weighted by molar-refractivity contribution is 0.104. The number of hydrogen-bond acceptors (Lipinski definition) is 4. The van der Waals surface area contributed by atoms with E-state index in [0.29, 0.717) is 28.3 Å². The predicted molar refractivity (Wildman–Crippen MR) is 76.7 cm³/mol. The fourth-order valence-electron chi connectivity index (χ4n) is 2.04. The van der Waals surface area contributed by atoms with E-state index in [0.717, 1.165) is 0 Å². The minimum atomic E-state index is -0.389. The number of anilines is 1. The third-order valence-corrected chi connectivity index (χ3v) is 3.13. The van der Waals surface area contributed by atoms with Gasteiger partial charge in [-0.05, 0) is 24.3 Å². The predicted octanol–water partition coefficient (Wildman–Crippen LogP) is 3.03. The smallest absolute Gasteiger partial charge is 0.231 e. The van der Waals surface area contributed by atoms with Gasteiger partial charge in [0.15, 0.2) is 17.3 Å². The van der Waals surface area contributed by atoms with Gasteiger partial charge in [-0.25, -0.2) is 4.39 Å². The van der Waals surface area contributed by atoms with Gasteiger partial charge >= 0.3 is 0 Å². The monoisotopic (exact) mass is 285 g/mol. The van der Waals surface area contributed by atoms with Gasteiger partial charge < -0.3 is 15.2 Å². The minimum absolute atomic E-state index is 0.109. The van der Waals surface area contributed by atoms with E-state index in [1.54, 1.807) is 24.3 Å². The van der Waals surface area contributed by atoms with Crippen LogP contribution >= 0.6 is 0 Å². The zero-order valence-corrected chi connectivity index (χ0v) is 11.0. The van der Waals surface area contributed by atoms with Crippen LogP contribution < -0.4 is 15.2 Å². The number of hydrogen-bond donors (Lipinski definition) is 1. The molecule has 2 aromatic rings. The highest BCUT2D eigenvalue weighted by atomic mass is 19.1. The van der Waals surface area contributed by atoms with E-state index in [4.69, 9.17) is 15.2 Å². The summed E-state index contributed by atoms with van der Waals surface area (Å²) in [5.41, 5.74) is 6.76. The van der Waals surface area contributed by atoms with Crippen molar-refractivity contribution in [1.29, 1.82) is 0 Å². The van der Waals surface area contributed by atoms with Gasteiger partial charge in [0.2, 0.25) is 6.79 Å². The van der Waals surface area contributed by atoms with Gasteiger partial charge in [0, 0.05) is 22.9 Å². The van der Waals surface area contributed by atoms with Crippen molar-refractivity contribution in [2.75, 3.05) is 12.5 Å². The maximum absolute atomic E-state index is 13.5. The molecular weight excluding hydrogens is 273 g/mol. The van der Waals surface area contributed by atoms with Crippen molar-refractivity contribution in [3.05, 3.63) is 59.4 Å². The Morgan fingerprint density at radius 1 is 1.19 bits per heavy atom. The van der Waals surface area contributed by atoms with E-state index in [1.807, 2.05) is 0 Å². The van der Waals surface area contributed by atoms with Crippen LogP contribution in [0.3, 0.4) is 0 Å². The number of nitrogen functional groups attached to an aromatic ring is 1. The summed E-state index contributed by atoms with van der Waals surface area (Å²) in [5, 5.41) is 0. The van der Waals surface area contributed by atoms with Crippen molar-refractivity contribution in [2.24, 2.45) is 0 Å². The third-order valence-electron chi connectivity index (χ3n) is 3.13. The lowest BCUT2D eigenvalue weighted by Crippen LogP contribution is -2.01. The van der Waals surface area contributed by atoms with Crippen LogP contribution in [0.25, 0.3) is 6.08 Å². The van der Waals surface area contributed by atoms with Gasteiger partial charge in [-0.15, -0.1) is 0 Å². The summed E-state index contributed by atoms with van der Waals surface area (Å²) in [6, 6.07) is 9.28. The molecule has 2 N–H and O–H groups in total. The molecule has 0 amide bonds. The quantitative estimate of drug-likeness (QED) is 0.535. The Kier molecular flexibility index (Phi) is 3.31. The molecule has 1 heterocycles. The molecular formula is C16H12FNO3. The first-order chi connectivity index (χ1) is 10.1. The molecule has 3 rings (SSSR count). The summed E-state index contributed by atoms with van der Waals surface area (Å²) in [5.74, 6) is 0.281. The number of fused-ring (bicyclic) bond motifs is 1. The molecule has 4 nitrogen and oxygen atoms in total. The van der Waals surface area contributed by atoms with Crippen LogP contribution in [-0.4, -0.2) is 12.6 Å². The molecule has 5 heteroatoms. The SMILES string of the molecule is Nc1cc2c(cc1C(=O)/C=C/c1ccccc1F)OCO2. The topological polar surface area (TPSA) is 61.6 Å². The lowest BCUT2D eigenvalue weighted by atomic mass is 10.1. The highest BCUT2D eigenvalue weighted by molar-refractivity contribution is 6.10. The Labute approximate surface area is 120 Å². The van der Waals surface area contributed by atoms with Crippen molar-refractivity contribution in [3.63, 3.8) is 0 Å². The first-order valence-corrected chi connectivity index (χ1v) is 6.31. The summed E-state index contributed by atoms with van der Waals surface area (Å²) in [7, 11) is 0. The third kappa shape index (κ3) is 2.58. The van der Waals surface area contributed by atoms with Gasteiger partial charge in [0.25, 0.3) is 0 Å². The molecule has 0 bridgehead atoms. The molecule has 0 saturated carbocycles. The van der Waals surface area contributed by atoms with Crippen LogP contribution in [0, 0.1) is 5.82 Å². The summed E-state index contributed by atoms with van der Waals surface area (Å²) in [4.78, 5) is 12.2. The average Bonchev–Trinajstić information content (AvgIpc) is 2.92. The van der Waals surface area contributed by atoms with Crippen molar-refractivity contribution in [3.8, 4) is 11.5 Å². The van der Waals surface area contributed by atoms with E-state index < -0.39 is 0 Å². The zero-order chi connectivity index (χ0) is 14.8. The molecule has 0 fully saturated rings. The molecule has 0 spiro atoms. The molecule has 1 aliphatic heterocycles. The number of carbonyl (C=O) groups is 1. The average molecular weight is 285 g/mol. The Morgan fingerprint density at radius 3 is 2.67 bits per heavy atom. The molecule has 0 radical (unpaired) electrons. The van der Waals surface area contributed by atoms with E-state index in [9.17, 15) is 9.18 Å². The highest BCUT2D eigenvalue weighted by Gasteiger charge is 2.18. The Balaban J connectivity index is 1.88. The standard InChI is InChI=1S/C16H12FNO3/c17-12-4-2-1-3-10(12)5-6-14(19)11-7-15-16(8-13(11)18)21-9-20-15/h1-8H,9,18H2/b6-5+. The molecule has 1 aliphatic rings. The van der Waals surface area contributed by atoms with Crippen molar-refractivity contribution < 1.29 is 18.7 Å². The second-order valence-corrected chi connectivity index (χ2v) is 4.51. The van der Waals surface area contributed by atoms with Gasteiger partial charge in [-0.2, -0.15) is 0 Å². The summed E-state index contributed by atoms with van der Waals surface area (Å²) >= 11 is 0. The number of rotatable bonds is 3. The van der Waals surface area contributed by atoms with Crippen LogP contribution in [0.2, 0.25) is 0 Å². The molecule has 0 atom stereocenters. The number of carbonyl (C=O) groups excluding carboxylic acids is 1. The van der Waals surface area contributed by atoms with Gasteiger partial charge in [0.1, 0.15) is 5.82 Å². The van der Waals surface area contributed by atoms with Crippen LogP contribution in [0.1, 0.15) is 15.9 Å². The van der Waals surface area contributed by atoms with Crippen molar-refractivity contribution in [1.82, 2.24) is 0 Å². The minimum Gasteiger partial charge on any atom is -0.454 e. The maximum atomic E-state index is 13.5. The molecule has 2 aromatic carbocycles. The number of nitrogens with two attached hydrogens (primary N) is 1. The van der Waals surface area contributed by atoms with Gasteiger partial charge in [-0.1, -0.05) is 18.2 Å². The van der Waals surface area contributed by atoms with Gasteiger partial charge in [-0.3, -0.25) is 4.79 Å². The second-order valence-electron chi connectivity index (χ2n) is 4.51. The number of allylic oxidation sites excluding steroid dienone is 1.